The minimum absolute atomic E-state index is 0. The lowest BCUT2D eigenvalue weighted by molar-refractivity contribution is -0.131. The van der Waals surface area contributed by atoms with Crippen molar-refractivity contribution < 1.29 is 9.90 Å². The summed E-state index contributed by atoms with van der Waals surface area (Å²) in [5, 5.41) is 15.6. The molecule has 3 rings (SSSR count). The van der Waals surface area contributed by atoms with Crippen LogP contribution in [-0.4, -0.2) is 23.2 Å². The zero-order chi connectivity index (χ0) is 18.5. The van der Waals surface area contributed by atoms with Crippen LogP contribution < -0.4 is 11.1 Å². The number of aliphatic hydroxyl groups excluding tert-OH is 1. The van der Waals surface area contributed by atoms with Gasteiger partial charge in [-0.05, 0) is 35.6 Å². The Morgan fingerprint density at radius 3 is 2.56 bits per heavy atom. The van der Waals surface area contributed by atoms with E-state index in [0.29, 0.717) is 5.92 Å². The standard InChI is InChI=1S/C22H30N2O2.ClH/c1-15(18-13-7-11-17-10-5-6-12-19(17)18)24-22(26)21(25)20(23)14-16-8-3-2-4-9-16;/h5-7,10-13,15-16,20-21,25H,2-4,8-9,14,23H2,1H3,(H,24,26);1H/t15?,20-,21?;/m1./s1. The van der Waals surface area contributed by atoms with Crippen molar-refractivity contribution in [2.24, 2.45) is 11.7 Å². The number of fused-ring (bicyclic) bond motifs is 1. The van der Waals surface area contributed by atoms with E-state index in [1.54, 1.807) is 0 Å². The van der Waals surface area contributed by atoms with Gasteiger partial charge in [-0.3, -0.25) is 4.79 Å². The average molecular weight is 391 g/mol. The van der Waals surface area contributed by atoms with Gasteiger partial charge in [-0.2, -0.15) is 0 Å². The molecule has 3 atom stereocenters. The Kier molecular flexibility index (Phi) is 8.08. The summed E-state index contributed by atoms with van der Waals surface area (Å²) < 4.78 is 0. The topological polar surface area (TPSA) is 75.3 Å². The number of hydrogen-bond donors (Lipinski definition) is 3. The minimum atomic E-state index is -1.16. The Bertz CT molecular complexity index is 741. The molecule has 1 fully saturated rings. The second-order valence-electron chi connectivity index (χ2n) is 7.65. The molecule has 1 aliphatic rings. The Morgan fingerprint density at radius 2 is 1.81 bits per heavy atom. The minimum Gasteiger partial charge on any atom is -0.382 e. The van der Waals surface area contributed by atoms with Crippen molar-refractivity contribution >= 4 is 29.1 Å². The summed E-state index contributed by atoms with van der Waals surface area (Å²) in [6.45, 7) is 1.94. The third-order valence-corrected chi connectivity index (χ3v) is 5.65. The predicted molar refractivity (Wildman–Crippen MR) is 113 cm³/mol. The van der Waals surface area contributed by atoms with E-state index in [2.05, 4.69) is 23.5 Å². The molecule has 27 heavy (non-hydrogen) atoms. The monoisotopic (exact) mass is 390 g/mol. The molecule has 0 aromatic heterocycles. The second-order valence-corrected chi connectivity index (χ2v) is 7.65. The van der Waals surface area contributed by atoms with Crippen LogP contribution in [-0.2, 0) is 4.79 Å². The fourth-order valence-electron chi connectivity index (χ4n) is 4.14. The van der Waals surface area contributed by atoms with Crippen LogP contribution in [0.2, 0.25) is 0 Å². The normalized spacial score (nSPS) is 18.3. The number of rotatable bonds is 6. The molecule has 2 aromatic carbocycles. The van der Waals surface area contributed by atoms with Crippen LogP contribution in [0.1, 0.15) is 57.1 Å². The van der Waals surface area contributed by atoms with Crippen molar-refractivity contribution in [3.63, 3.8) is 0 Å². The SMILES string of the molecule is CC(NC(=O)C(O)[C@H](N)CC1CCCCC1)c1cccc2ccccc12.Cl. The summed E-state index contributed by atoms with van der Waals surface area (Å²) in [7, 11) is 0. The van der Waals surface area contributed by atoms with Gasteiger partial charge in [-0.1, -0.05) is 74.6 Å². The van der Waals surface area contributed by atoms with E-state index in [1.807, 2.05) is 31.2 Å². The first-order valence-corrected chi connectivity index (χ1v) is 9.78. The van der Waals surface area contributed by atoms with E-state index in [4.69, 9.17) is 5.73 Å². The van der Waals surface area contributed by atoms with Crippen LogP contribution in [0, 0.1) is 5.92 Å². The van der Waals surface area contributed by atoms with Crippen molar-refractivity contribution in [2.45, 2.75) is 63.6 Å². The Labute approximate surface area is 167 Å². The molecule has 2 aromatic rings. The number of carbonyl (C=O) groups is 1. The summed E-state index contributed by atoms with van der Waals surface area (Å²) in [4.78, 5) is 12.5. The van der Waals surface area contributed by atoms with Gasteiger partial charge in [0.2, 0.25) is 0 Å². The Balaban J connectivity index is 0.00000261. The molecule has 2 unspecified atom stereocenters. The van der Waals surface area contributed by atoms with Gasteiger partial charge in [0.1, 0.15) is 6.10 Å². The highest BCUT2D eigenvalue weighted by Gasteiger charge is 2.27. The van der Waals surface area contributed by atoms with E-state index < -0.39 is 12.1 Å². The van der Waals surface area contributed by atoms with Gasteiger partial charge in [0.15, 0.2) is 0 Å². The zero-order valence-electron chi connectivity index (χ0n) is 15.9. The fraction of sp³-hybridized carbons (Fsp3) is 0.500. The fourth-order valence-corrected chi connectivity index (χ4v) is 4.14. The summed E-state index contributed by atoms with van der Waals surface area (Å²) in [6, 6.07) is 13.5. The van der Waals surface area contributed by atoms with Crippen molar-refractivity contribution in [1.82, 2.24) is 5.32 Å². The van der Waals surface area contributed by atoms with Gasteiger partial charge in [0, 0.05) is 6.04 Å². The van der Waals surface area contributed by atoms with Crippen molar-refractivity contribution in [1.29, 1.82) is 0 Å². The van der Waals surface area contributed by atoms with Crippen LogP contribution in [0.15, 0.2) is 42.5 Å². The Morgan fingerprint density at radius 1 is 1.15 bits per heavy atom. The quantitative estimate of drug-likeness (QED) is 0.695. The lowest BCUT2D eigenvalue weighted by atomic mass is 9.84. The molecule has 148 valence electrons. The maximum Gasteiger partial charge on any atom is 0.250 e. The number of halogens is 1. The van der Waals surface area contributed by atoms with Gasteiger partial charge in [-0.15, -0.1) is 12.4 Å². The van der Waals surface area contributed by atoms with Crippen molar-refractivity contribution in [2.75, 3.05) is 0 Å². The zero-order valence-corrected chi connectivity index (χ0v) is 16.8. The van der Waals surface area contributed by atoms with E-state index in [9.17, 15) is 9.90 Å². The smallest absolute Gasteiger partial charge is 0.250 e. The van der Waals surface area contributed by atoms with Crippen LogP contribution in [0.3, 0.4) is 0 Å². The number of amides is 1. The molecule has 0 spiro atoms. The second kappa shape index (κ2) is 10.1. The molecule has 4 nitrogen and oxygen atoms in total. The maximum atomic E-state index is 12.5. The van der Waals surface area contributed by atoms with Crippen molar-refractivity contribution in [3.05, 3.63) is 48.0 Å². The third kappa shape index (κ3) is 5.44. The van der Waals surface area contributed by atoms with Gasteiger partial charge in [0.25, 0.3) is 5.91 Å². The first-order chi connectivity index (χ1) is 12.6. The first-order valence-electron chi connectivity index (χ1n) is 9.78. The highest BCUT2D eigenvalue weighted by atomic mass is 35.5. The molecule has 1 aliphatic carbocycles. The van der Waals surface area contributed by atoms with Crippen LogP contribution in [0.4, 0.5) is 0 Å². The van der Waals surface area contributed by atoms with Crippen LogP contribution in [0.5, 0.6) is 0 Å². The van der Waals surface area contributed by atoms with Gasteiger partial charge < -0.3 is 16.2 Å². The highest BCUT2D eigenvalue weighted by molar-refractivity contribution is 5.87. The van der Waals surface area contributed by atoms with Gasteiger partial charge >= 0.3 is 0 Å². The molecule has 0 bridgehead atoms. The summed E-state index contributed by atoms with van der Waals surface area (Å²) in [5.74, 6) is 0.158. The molecule has 5 heteroatoms. The lowest BCUT2D eigenvalue weighted by Crippen LogP contribution is -2.47. The van der Waals surface area contributed by atoms with Gasteiger partial charge in [-0.25, -0.2) is 0 Å². The lowest BCUT2D eigenvalue weighted by Gasteiger charge is -2.27. The van der Waals surface area contributed by atoms with Crippen LogP contribution in [0.25, 0.3) is 10.8 Å². The Hall–Kier alpha value is -1.62. The van der Waals surface area contributed by atoms with E-state index in [-0.39, 0.29) is 24.4 Å². The van der Waals surface area contributed by atoms with E-state index >= 15 is 0 Å². The third-order valence-electron chi connectivity index (χ3n) is 5.65. The molecule has 1 amide bonds. The van der Waals surface area contributed by atoms with E-state index in [1.165, 1.54) is 19.3 Å². The molecular formula is C22H31ClN2O2. The number of benzene rings is 2. The van der Waals surface area contributed by atoms with Gasteiger partial charge in [0.05, 0.1) is 6.04 Å². The molecule has 0 heterocycles. The number of nitrogens with one attached hydrogen (secondary N) is 1. The molecule has 1 saturated carbocycles. The number of hydrogen-bond acceptors (Lipinski definition) is 3. The molecule has 0 saturated heterocycles. The molecule has 0 radical (unpaired) electrons. The molecule has 0 aliphatic heterocycles. The number of carbonyl (C=O) groups excluding carboxylic acids is 1. The van der Waals surface area contributed by atoms with E-state index in [0.717, 1.165) is 35.6 Å². The molecule has 4 N–H and O–H groups in total. The summed E-state index contributed by atoms with van der Waals surface area (Å²) in [6.07, 6.45) is 5.64. The average Bonchev–Trinajstić information content (AvgIpc) is 2.67. The number of aliphatic hydroxyl groups is 1. The largest absolute Gasteiger partial charge is 0.382 e. The maximum absolute atomic E-state index is 12.5. The highest BCUT2D eigenvalue weighted by Crippen LogP contribution is 2.28. The van der Waals surface area contributed by atoms with Crippen molar-refractivity contribution in [3.8, 4) is 0 Å². The van der Waals surface area contributed by atoms with Crippen LogP contribution >= 0.6 is 12.4 Å². The number of nitrogens with two attached hydrogens (primary N) is 1. The first kappa shape index (κ1) is 21.7. The predicted octanol–water partition coefficient (Wildman–Crippen LogP) is 4.10. The molecular weight excluding hydrogens is 360 g/mol. The summed E-state index contributed by atoms with van der Waals surface area (Å²) in [5.41, 5.74) is 7.19. The summed E-state index contributed by atoms with van der Waals surface area (Å²) >= 11 is 0.